The first-order chi connectivity index (χ1) is 13.3. The summed E-state index contributed by atoms with van der Waals surface area (Å²) in [5.74, 6) is 7.69. The standard InChI is InChI=1S/C23H18NO3/c25-23(18-5-6-18)21-11-8-17-7-10-20(13-22(17)27-21)26-15-16-4-9-19-3-1-2-12-24(19)14-16/h2,4-7,9-10,12-14,19,21H,8,11,15H2. The van der Waals surface area contributed by atoms with E-state index in [1.54, 1.807) is 0 Å². The predicted molar refractivity (Wildman–Crippen MR) is 102 cm³/mol. The third-order valence-electron chi connectivity index (χ3n) is 4.99. The molecule has 0 bridgehead atoms. The van der Waals surface area contributed by atoms with E-state index in [2.05, 4.69) is 35.1 Å². The molecule has 4 nitrogen and oxygen atoms in total. The molecule has 0 spiro atoms. The smallest absolute Gasteiger partial charge is 0.199 e. The minimum atomic E-state index is -0.384. The van der Waals surface area contributed by atoms with Crippen LogP contribution >= 0.6 is 0 Å². The first kappa shape index (κ1) is 16.0. The highest BCUT2D eigenvalue weighted by Crippen LogP contribution is 2.34. The summed E-state index contributed by atoms with van der Waals surface area (Å²) in [4.78, 5) is 14.3. The summed E-state index contributed by atoms with van der Waals surface area (Å²) in [6.45, 7) is 0.462. The fourth-order valence-corrected chi connectivity index (χ4v) is 3.41. The molecule has 1 aromatic rings. The van der Waals surface area contributed by atoms with Crippen LogP contribution in [0, 0.1) is 18.3 Å². The van der Waals surface area contributed by atoms with Gasteiger partial charge in [-0.05, 0) is 30.5 Å². The lowest BCUT2D eigenvalue weighted by atomic mass is 9.99. The van der Waals surface area contributed by atoms with Gasteiger partial charge in [-0.1, -0.05) is 30.1 Å². The highest BCUT2D eigenvalue weighted by Gasteiger charge is 2.31. The van der Waals surface area contributed by atoms with E-state index in [1.807, 2.05) is 43.0 Å². The van der Waals surface area contributed by atoms with Gasteiger partial charge in [0, 0.05) is 42.1 Å². The number of allylic oxidation sites excluding steroid dienone is 2. The molecule has 4 aliphatic rings. The van der Waals surface area contributed by atoms with Crippen molar-refractivity contribution in [3.05, 3.63) is 78.0 Å². The summed E-state index contributed by atoms with van der Waals surface area (Å²) in [5, 5.41) is 0. The predicted octanol–water partition coefficient (Wildman–Crippen LogP) is 3.13. The first-order valence-electron chi connectivity index (χ1n) is 9.12. The van der Waals surface area contributed by atoms with E-state index < -0.39 is 0 Å². The molecule has 1 aromatic carbocycles. The van der Waals surface area contributed by atoms with Crippen LogP contribution in [0.1, 0.15) is 12.0 Å². The molecule has 2 atom stereocenters. The summed E-state index contributed by atoms with van der Waals surface area (Å²) in [5.41, 5.74) is 2.97. The van der Waals surface area contributed by atoms with Gasteiger partial charge in [0.25, 0.3) is 0 Å². The Balaban J connectivity index is 1.25. The SMILES string of the molecule is O=C(C1=C[CH]1)C1CCc2ccc(OCC3=CN4C=CC#CC4C=C3)cc2O1. The minimum absolute atomic E-state index is 0.0803. The largest absolute Gasteiger partial charge is 0.489 e. The lowest BCUT2D eigenvalue weighted by molar-refractivity contribution is -0.122. The fourth-order valence-electron chi connectivity index (χ4n) is 3.41. The number of hydrogen-bond donors (Lipinski definition) is 0. The van der Waals surface area contributed by atoms with Crippen molar-refractivity contribution in [3.63, 3.8) is 0 Å². The number of fused-ring (bicyclic) bond motifs is 2. The third kappa shape index (κ3) is 3.29. The van der Waals surface area contributed by atoms with Crippen molar-refractivity contribution >= 4 is 5.78 Å². The van der Waals surface area contributed by atoms with E-state index in [9.17, 15) is 4.79 Å². The molecule has 27 heavy (non-hydrogen) atoms. The molecule has 3 heterocycles. The molecule has 1 aliphatic carbocycles. The van der Waals surface area contributed by atoms with Gasteiger partial charge in [-0.15, -0.1) is 0 Å². The van der Waals surface area contributed by atoms with Gasteiger partial charge >= 0.3 is 0 Å². The Morgan fingerprint density at radius 3 is 3.19 bits per heavy atom. The van der Waals surface area contributed by atoms with Gasteiger partial charge in [-0.2, -0.15) is 0 Å². The zero-order valence-corrected chi connectivity index (χ0v) is 14.7. The summed E-state index contributed by atoms with van der Waals surface area (Å²) in [6.07, 6.45) is 14.9. The van der Waals surface area contributed by atoms with E-state index in [4.69, 9.17) is 9.47 Å². The number of carbonyl (C=O) groups excluding carboxylic acids is 1. The van der Waals surface area contributed by atoms with Crippen molar-refractivity contribution in [1.82, 2.24) is 4.90 Å². The van der Waals surface area contributed by atoms with Crippen LogP contribution in [0.4, 0.5) is 0 Å². The van der Waals surface area contributed by atoms with Gasteiger partial charge in [0.1, 0.15) is 24.1 Å². The summed E-state index contributed by atoms with van der Waals surface area (Å²) >= 11 is 0. The molecule has 0 N–H and O–H groups in total. The monoisotopic (exact) mass is 356 g/mol. The van der Waals surface area contributed by atoms with Gasteiger partial charge in [0.2, 0.25) is 0 Å². The second-order valence-corrected chi connectivity index (χ2v) is 6.92. The Morgan fingerprint density at radius 2 is 2.30 bits per heavy atom. The molecule has 4 heteroatoms. The van der Waals surface area contributed by atoms with E-state index in [-0.39, 0.29) is 17.9 Å². The van der Waals surface area contributed by atoms with E-state index in [0.717, 1.165) is 41.1 Å². The Hall–Kier alpha value is -3.19. The summed E-state index contributed by atoms with van der Waals surface area (Å²) in [7, 11) is 0. The molecule has 0 fully saturated rings. The Kier molecular flexibility index (Phi) is 3.86. The van der Waals surface area contributed by atoms with E-state index in [1.165, 1.54) is 0 Å². The lowest BCUT2D eigenvalue weighted by Crippen LogP contribution is -2.30. The zero-order chi connectivity index (χ0) is 18.2. The molecule has 133 valence electrons. The normalized spacial score (nSPS) is 23.8. The van der Waals surface area contributed by atoms with Crippen LogP contribution in [-0.4, -0.2) is 29.4 Å². The average molecular weight is 356 g/mol. The number of ketones is 1. The molecule has 3 aliphatic heterocycles. The maximum Gasteiger partial charge on any atom is 0.199 e. The Bertz CT molecular complexity index is 987. The quantitative estimate of drug-likeness (QED) is 0.760. The number of ether oxygens (including phenoxy) is 2. The van der Waals surface area contributed by atoms with Crippen LogP contribution in [-0.2, 0) is 11.2 Å². The molecule has 0 aromatic heterocycles. The van der Waals surface area contributed by atoms with Crippen molar-refractivity contribution in [2.24, 2.45) is 0 Å². The summed E-state index contributed by atoms with van der Waals surface area (Å²) < 4.78 is 11.9. The number of nitrogens with zero attached hydrogens (tertiary/aromatic N) is 1. The van der Waals surface area contributed by atoms with E-state index >= 15 is 0 Å². The fraction of sp³-hybridized carbons (Fsp3) is 0.217. The van der Waals surface area contributed by atoms with Gasteiger partial charge in [0.15, 0.2) is 11.9 Å². The van der Waals surface area contributed by atoms with Crippen LogP contribution in [0.3, 0.4) is 0 Å². The molecule has 0 saturated heterocycles. The molecule has 1 radical (unpaired) electrons. The Labute approximate surface area is 158 Å². The molecular weight excluding hydrogens is 338 g/mol. The lowest BCUT2D eigenvalue weighted by Gasteiger charge is -2.27. The molecule has 0 saturated carbocycles. The minimum Gasteiger partial charge on any atom is -0.489 e. The molecule has 2 unspecified atom stereocenters. The van der Waals surface area contributed by atoms with Gasteiger partial charge in [-0.3, -0.25) is 4.79 Å². The first-order valence-corrected chi connectivity index (χ1v) is 9.12. The van der Waals surface area contributed by atoms with Crippen molar-refractivity contribution in [2.45, 2.75) is 25.0 Å². The van der Waals surface area contributed by atoms with Gasteiger partial charge in [-0.25, -0.2) is 0 Å². The number of carbonyl (C=O) groups is 1. The molecule has 0 amide bonds. The second kappa shape index (κ2) is 6.51. The van der Waals surface area contributed by atoms with Crippen molar-refractivity contribution in [1.29, 1.82) is 0 Å². The van der Waals surface area contributed by atoms with Crippen molar-refractivity contribution in [2.75, 3.05) is 6.61 Å². The Morgan fingerprint density at radius 1 is 1.37 bits per heavy atom. The highest BCUT2D eigenvalue weighted by atomic mass is 16.5. The number of hydrogen-bond acceptors (Lipinski definition) is 4. The van der Waals surface area contributed by atoms with Crippen LogP contribution in [0.25, 0.3) is 0 Å². The van der Waals surface area contributed by atoms with Crippen molar-refractivity contribution < 1.29 is 14.3 Å². The van der Waals surface area contributed by atoms with E-state index in [0.29, 0.717) is 6.61 Å². The number of aryl methyl sites for hydroxylation is 1. The topological polar surface area (TPSA) is 38.8 Å². The second-order valence-electron chi connectivity index (χ2n) is 6.92. The van der Waals surface area contributed by atoms with Crippen molar-refractivity contribution in [3.8, 4) is 23.3 Å². The average Bonchev–Trinajstić information content (AvgIpc) is 3.56. The molecule has 5 rings (SSSR count). The number of benzene rings is 1. The number of Topliss-reactive ketones (excluding diaryl/α,β-unsaturated/α-hetero) is 1. The van der Waals surface area contributed by atoms with Gasteiger partial charge < -0.3 is 14.4 Å². The van der Waals surface area contributed by atoms with Gasteiger partial charge in [0.05, 0.1) is 0 Å². The van der Waals surface area contributed by atoms with Crippen LogP contribution in [0.15, 0.2) is 66.0 Å². The third-order valence-corrected chi connectivity index (χ3v) is 4.99. The van der Waals surface area contributed by atoms with Crippen LogP contribution < -0.4 is 9.47 Å². The van der Waals surface area contributed by atoms with Crippen LogP contribution in [0.2, 0.25) is 0 Å². The zero-order valence-electron chi connectivity index (χ0n) is 14.7. The van der Waals surface area contributed by atoms with Crippen LogP contribution in [0.5, 0.6) is 11.5 Å². The maximum atomic E-state index is 12.2. The molecular formula is C23H18NO3. The number of rotatable bonds is 5. The highest BCUT2D eigenvalue weighted by molar-refractivity contribution is 6.05. The maximum absolute atomic E-state index is 12.2. The summed E-state index contributed by atoms with van der Waals surface area (Å²) in [6, 6.07) is 5.99.